The van der Waals surface area contributed by atoms with E-state index in [4.69, 9.17) is 10.5 Å². The summed E-state index contributed by atoms with van der Waals surface area (Å²) in [7, 11) is 0. The van der Waals surface area contributed by atoms with Gasteiger partial charge in [-0.25, -0.2) is 0 Å². The van der Waals surface area contributed by atoms with Gasteiger partial charge in [0.25, 0.3) is 0 Å². The smallest absolute Gasteiger partial charge is 0.0809 e. The molecular weight excluding hydrogens is 218 g/mol. The van der Waals surface area contributed by atoms with Crippen molar-refractivity contribution in [2.75, 3.05) is 13.2 Å². The summed E-state index contributed by atoms with van der Waals surface area (Å²) in [6.45, 7) is 6.83. The van der Waals surface area contributed by atoms with Crippen molar-refractivity contribution in [3.05, 3.63) is 22.4 Å². The summed E-state index contributed by atoms with van der Waals surface area (Å²) >= 11 is 1.75. The molecule has 0 radical (unpaired) electrons. The molecule has 0 saturated heterocycles. The van der Waals surface area contributed by atoms with Gasteiger partial charge in [0.1, 0.15) is 0 Å². The number of hydrogen-bond donors (Lipinski definition) is 1. The number of unbranched alkanes of at least 4 members (excludes halogenated alkanes) is 1. The van der Waals surface area contributed by atoms with Gasteiger partial charge in [0, 0.05) is 11.5 Å². The Morgan fingerprint density at radius 1 is 1.38 bits per heavy atom. The van der Waals surface area contributed by atoms with Crippen molar-refractivity contribution in [3.63, 3.8) is 0 Å². The summed E-state index contributed by atoms with van der Waals surface area (Å²) in [6.07, 6.45) is 3.52. The second kappa shape index (κ2) is 7.05. The molecule has 0 amide bonds. The van der Waals surface area contributed by atoms with E-state index >= 15 is 0 Å². The van der Waals surface area contributed by atoms with Crippen LogP contribution in [0.15, 0.2) is 17.5 Å². The van der Waals surface area contributed by atoms with Crippen molar-refractivity contribution in [3.8, 4) is 0 Å². The van der Waals surface area contributed by atoms with Crippen LogP contribution in [0.5, 0.6) is 0 Å². The summed E-state index contributed by atoms with van der Waals surface area (Å²) in [5.41, 5.74) is 5.97. The first-order chi connectivity index (χ1) is 7.64. The number of rotatable bonds is 8. The first kappa shape index (κ1) is 13.7. The second-order valence-corrected chi connectivity index (χ2v) is 5.99. The molecule has 2 N–H and O–H groups in total. The van der Waals surface area contributed by atoms with E-state index in [1.54, 1.807) is 11.3 Å². The van der Waals surface area contributed by atoms with E-state index in [9.17, 15) is 0 Å². The highest BCUT2D eigenvalue weighted by atomic mass is 32.1. The minimum absolute atomic E-state index is 0.285. The zero-order valence-electron chi connectivity index (χ0n) is 10.4. The van der Waals surface area contributed by atoms with Crippen LogP contribution >= 0.6 is 11.3 Å². The predicted molar refractivity (Wildman–Crippen MR) is 70.7 cm³/mol. The second-order valence-electron chi connectivity index (χ2n) is 4.96. The number of thiophene rings is 1. The minimum Gasteiger partial charge on any atom is -0.376 e. The van der Waals surface area contributed by atoms with E-state index < -0.39 is 0 Å². The van der Waals surface area contributed by atoms with Gasteiger partial charge in [0.15, 0.2) is 0 Å². The van der Waals surface area contributed by atoms with E-state index in [2.05, 4.69) is 31.4 Å². The van der Waals surface area contributed by atoms with Crippen LogP contribution in [0.2, 0.25) is 0 Å². The molecule has 0 unspecified atom stereocenters. The third-order valence-corrected chi connectivity index (χ3v) is 3.62. The summed E-state index contributed by atoms with van der Waals surface area (Å²) in [6, 6.07) is 4.18. The number of hydrogen-bond acceptors (Lipinski definition) is 3. The lowest BCUT2D eigenvalue weighted by atomic mass is 9.87. The standard InChI is InChI=1S/C13H23NOS/c1-13(2,11-14)7-3-4-8-15-10-12-6-5-9-16-12/h5-6,9H,3-4,7-8,10-11,14H2,1-2H3. The molecule has 0 saturated carbocycles. The Bertz CT molecular complexity index is 269. The summed E-state index contributed by atoms with van der Waals surface area (Å²) in [5.74, 6) is 0. The average molecular weight is 241 g/mol. The lowest BCUT2D eigenvalue weighted by Crippen LogP contribution is -2.23. The van der Waals surface area contributed by atoms with Gasteiger partial charge in [-0.2, -0.15) is 0 Å². The zero-order chi connectivity index (χ0) is 11.9. The van der Waals surface area contributed by atoms with Gasteiger partial charge in [0.05, 0.1) is 6.61 Å². The maximum Gasteiger partial charge on any atom is 0.0809 e. The fraction of sp³-hybridized carbons (Fsp3) is 0.692. The molecule has 0 aromatic carbocycles. The van der Waals surface area contributed by atoms with Crippen LogP contribution in [0.25, 0.3) is 0 Å². The van der Waals surface area contributed by atoms with Gasteiger partial charge in [-0.1, -0.05) is 26.3 Å². The van der Waals surface area contributed by atoms with E-state index in [1.807, 2.05) is 0 Å². The van der Waals surface area contributed by atoms with Crippen molar-refractivity contribution >= 4 is 11.3 Å². The molecule has 1 heterocycles. The predicted octanol–water partition coefficient (Wildman–Crippen LogP) is 3.42. The lowest BCUT2D eigenvalue weighted by Gasteiger charge is -2.21. The Hall–Kier alpha value is -0.380. The van der Waals surface area contributed by atoms with Crippen LogP contribution in [-0.2, 0) is 11.3 Å². The maximum absolute atomic E-state index is 5.68. The first-order valence-corrected chi connectivity index (χ1v) is 6.82. The molecular formula is C13H23NOS. The van der Waals surface area contributed by atoms with Gasteiger partial charge in [-0.05, 0) is 36.2 Å². The molecule has 2 nitrogen and oxygen atoms in total. The molecule has 0 atom stereocenters. The summed E-state index contributed by atoms with van der Waals surface area (Å²) in [4.78, 5) is 1.31. The number of ether oxygens (including phenoxy) is 1. The third kappa shape index (κ3) is 5.64. The van der Waals surface area contributed by atoms with E-state index in [0.717, 1.165) is 26.2 Å². The van der Waals surface area contributed by atoms with E-state index in [1.165, 1.54) is 17.7 Å². The quantitative estimate of drug-likeness (QED) is 0.708. The fourth-order valence-corrected chi connectivity index (χ4v) is 2.12. The van der Waals surface area contributed by atoms with Gasteiger partial charge in [0.2, 0.25) is 0 Å². The van der Waals surface area contributed by atoms with Crippen molar-refractivity contribution < 1.29 is 4.74 Å². The van der Waals surface area contributed by atoms with Crippen LogP contribution in [0, 0.1) is 5.41 Å². The molecule has 0 aliphatic carbocycles. The molecule has 1 rings (SSSR count). The zero-order valence-corrected chi connectivity index (χ0v) is 11.2. The van der Waals surface area contributed by atoms with Crippen molar-refractivity contribution in [1.82, 2.24) is 0 Å². The van der Waals surface area contributed by atoms with Crippen LogP contribution in [-0.4, -0.2) is 13.2 Å². The third-order valence-electron chi connectivity index (χ3n) is 2.77. The van der Waals surface area contributed by atoms with Gasteiger partial charge >= 0.3 is 0 Å². The summed E-state index contributed by atoms with van der Waals surface area (Å²) < 4.78 is 5.61. The highest BCUT2D eigenvalue weighted by Gasteiger charge is 2.14. The molecule has 0 fully saturated rings. The molecule has 0 aliphatic rings. The molecule has 1 aromatic rings. The topological polar surface area (TPSA) is 35.2 Å². The minimum atomic E-state index is 0.285. The summed E-state index contributed by atoms with van der Waals surface area (Å²) in [5, 5.41) is 2.09. The molecule has 0 aliphatic heterocycles. The Balaban J connectivity index is 1.96. The van der Waals surface area contributed by atoms with Crippen LogP contribution in [0.4, 0.5) is 0 Å². The normalized spacial score (nSPS) is 11.9. The van der Waals surface area contributed by atoms with Gasteiger partial charge in [-0.3, -0.25) is 0 Å². The molecule has 0 bridgehead atoms. The Morgan fingerprint density at radius 3 is 2.81 bits per heavy atom. The number of nitrogens with two attached hydrogens (primary N) is 1. The Morgan fingerprint density at radius 2 is 2.19 bits per heavy atom. The molecule has 16 heavy (non-hydrogen) atoms. The SMILES string of the molecule is CC(C)(CN)CCCCOCc1cccs1. The highest BCUT2D eigenvalue weighted by Crippen LogP contribution is 2.21. The Kier molecular flexibility index (Phi) is 6.03. The first-order valence-electron chi connectivity index (χ1n) is 5.94. The van der Waals surface area contributed by atoms with E-state index in [0.29, 0.717) is 0 Å². The van der Waals surface area contributed by atoms with E-state index in [-0.39, 0.29) is 5.41 Å². The molecule has 1 aromatic heterocycles. The van der Waals surface area contributed by atoms with Crippen molar-refractivity contribution in [2.24, 2.45) is 11.1 Å². The van der Waals surface area contributed by atoms with Crippen LogP contribution in [0.1, 0.15) is 38.0 Å². The largest absolute Gasteiger partial charge is 0.376 e. The molecule has 92 valence electrons. The monoisotopic (exact) mass is 241 g/mol. The highest BCUT2D eigenvalue weighted by molar-refractivity contribution is 7.09. The Labute approximate surface area is 103 Å². The molecule has 0 spiro atoms. The van der Waals surface area contributed by atoms with Gasteiger partial charge in [-0.15, -0.1) is 11.3 Å². The fourth-order valence-electron chi connectivity index (χ4n) is 1.48. The van der Waals surface area contributed by atoms with Crippen LogP contribution < -0.4 is 5.73 Å². The average Bonchev–Trinajstić information content (AvgIpc) is 2.76. The lowest BCUT2D eigenvalue weighted by molar-refractivity contribution is 0.116. The van der Waals surface area contributed by atoms with Crippen LogP contribution in [0.3, 0.4) is 0 Å². The van der Waals surface area contributed by atoms with Gasteiger partial charge < -0.3 is 10.5 Å². The van der Waals surface area contributed by atoms with Crippen molar-refractivity contribution in [2.45, 2.75) is 39.7 Å². The van der Waals surface area contributed by atoms with Crippen molar-refractivity contribution in [1.29, 1.82) is 0 Å². The maximum atomic E-state index is 5.68. The molecule has 3 heteroatoms.